The molecule has 0 bridgehead atoms. The number of rotatable bonds is 7. The first-order valence-electron chi connectivity index (χ1n) is 11.4. The van der Waals surface area contributed by atoms with Gasteiger partial charge in [-0.05, 0) is 48.9 Å². The van der Waals surface area contributed by atoms with Crippen LogP contribution in [0.4, 0.5) is 26.4 Å². The molecular formula is C25H29ClFN5O. The van der Waals surface area contributed by atoms with Crippen LogP contribution in [0.15, 0.2) is 48.5 Å². The Morgan fingerprint density at radius 3 is 2.55 bits per heavy atom. The summed E-state index contributed by atoms with van der Waals surface area (Å²) in [7, 11) is 0. The minimum Gasteiger partial charge on any atom is -0.370 e. The fourth-order valence-electron chi connectivity index (χ4n) is 4.01. The molecule has 6 nitrogen and oxygen atoms in total. The van der Waals surface area contributed by atoms with Crippen LogP contribution in [0.25, 0.3) is 10.9 Å². The summed E-state index contributed by atoms with van der Waals surface area (Å²) >= 11 is 6.24. The van der Waals surface area contributed by atoms with Gasteiger partial charge in [-0.25, -0.2) is 14.2 Å². The zero-order chi connectivity index (χ0) is 23.2. The van der Waals surface area contributed by atoms with Gasteiger partial charge in [-0.15, -0.1) is 0 Å². The number of benzene rings is 2. The smallest absolute Gasteiger partial charge is 0.321 e. The first kappa shape index (κ1) is 23.1. The lowest BCUT2D eigenvalue weighted by Gasteiger charge is -2.36. The Morgan fingerprint density at radius 1 is 1.06 bits per heavy atom. The molecule has 1 aromatic heterocycles. The van der Waals surface area contributed by atoms with E-state index in [4.69, 9.17) is 16.6 Å². The van der Waals surface area contributed by atoms with Crippen molar-refractivity contribution in [1.82, 2.24) is 9.88 Å². The zero-order valence-electron chi connectivity index (χ0n) is 18.8. The predicted octanol–water partition coefficient (Wildman–Crippen LogP) is 5.98. The summed E-state index contributed by atoms with van der Waals surface area (Å²) in [6, 6.07) is 13.5. The number of halogens is 2. The van der Waals surface area contributed by atoms with Gasteiger partial charge in [-0.1, -0.05) is 31.4 Å². The normalized spacial score (nSPS) is 13.9. The van der Waals surface area contributed by atoms with E-state index >= 15 is 0 Å². The Bertz CT molecular complexity index is 1100. The number of anilines is 3. The molecule has 2 aromatic carbocycles. The standard InChI is InChI=1S/C25H29ClFN5O/c1-2-3-4-11-28-24-17-23(21-10-5-18(26)16-22(21)30-24)31-12-14-32(15-13-31)25(33)29-20-8-6-19(27)7-9-20/h5-10,16-17H,2-4,11-15H2,1H3,(H,28,30)(H,29,33). The highest BCUT2D eigenvalue weighted by Gasteiger charge is 2.23. The molecule has 2 N–H and O–H groups in total. The maximum absolute atomic E-state index is 13.1. The van der Waals surface area contributed by atoms with Crippen molar-refractivity contribution in [2.75, 3.05) is 48.3 Å². The lowest BCUT2D eigenvalue weighted by atomic mass is 10.1. The summed E-state index contributed by atoms with van der Waals surface area (Å²) in [6.45, 7) is 5.65. The van der Waals surface area contributed by atoms with Gasteiger partial charge in [0.15, 0.2) is 0 Å². The minimum absolute atomic E-state index is 0.175. The van der Waals surface area contributed by atoms with E-state index in [1.54, 1.807) is 17.0 Å². The molecule has 2 heterocycles. The van der Waals surface area contributed by atoms with Crippen molar-refractivity contribution in [2.45, 2.75) is 26.2 Å². The second-order valence-electron chi connectivity index (χ2n) is 8.23. The molecule has 0 atom stereocenters. The molecule has 1 aliphatic rings. The fourth-order valence-corrected chi connectivity index (χ4v) is 4.18. The summed E-state index contributed by atoms with van der Waals surface area (Å²) in [5.41, 5.74) is 2.53. The molecule has 0 radical (unpaired) electrons. The Morgan fingerprint density at radius 2 is 1.82 bits per heavy atom. The van der Waals surface area contributed by atoms with Crippen LogP contribution >= 0.6 is 11.6 Å². The molecule has 2 amide bonds. The van der Waals surface area contributed by atoms with E-state index in [-0.39, 0.29) is 11.8 Å². The maximum Gasteiger partial charge on any atom is 0.321 e. The van der Waals surface area contributed by atoms with Crippen LogP contribution in [0.3, 0.4) is 0 Å². The predicted molar refractivity (Wildman–Crippen MR) is 134 cm³/mol. The fraction of sp³-hybridized carbons (Fsp3) is 0.360. The van der Waals surface area contributed by atoms with Gasteiger partial charge in [0.2, 0.25) is 0 Å². The number of fused-ring (bicyclic) bond motifs is 1. The summed E-state index contributed by atoms with van der Waals surface area (Å²) in [5.74, 6) is 0.513. The first-order valence-corrected chi connectivity index (χ1v) is 11.8. The van der Waals surface area contributed by atoms with E-state index in [0.717, 1.165) is 35.4 Å². The molecule has 3 aromatic rings. The SMILES string of the molecule is CCCCCNc1cc(N2CCN(C(=O)Nc3ccc(F)cc3)CC2)c2ccc(Cl)cc2n1. The molecule has 0 saturated carbocycles. The highest BCUT2D eigenvalue weighted by Crippen LogP contribution is 2.31. The second-order valence-corrected chi connectivity index (χ2v) is 8.67. The first-order chi connectivity index (χ1) is 16.0. The summed E-state index contributed by atoms with van der Waals surface area (Å²) in [5, 5.41) is 7.99. The highest BCUT2D eigenvalue weighted by molar-refractivity contribution is 6.31. The third kappa shape index (κ3) is 5.85. The van der Waals surface area contributed by atoms with Crippen LogP contribution in [0, 0.1) is 5.82 Å². The Labute approximate surface area is 198 Å². The number of aromatic nitrogens is 1. The molecule has 1 fully saturated rings. The van der Waals surface area contributed by atoms with Gasteiger partial charge in [-0.3, -0.25) is 0 Å². The molecule has 0 unspecified atom stereocenters. The van der Waals surface area contributed by atoms with E-state index < -0.39 is 0 Å². The number of hydrogen-bond acceptors (Lipinski definition) is 4. The molecule has 0 spiro atoms. The highest BCUT2D eigenvalue weighted by atomic mass is 35.5. The zero-order valence-corrected chi connectivity index (χ0v) is 19.5. The van der Waals surface area contributed by atoms with Crippen LogP contribution in [-0.2, 0) is 0 Å². The van der Waals surface area contributed by atoms with Crippen molar-refractivity contribution in [3.05, 3.63) is 59.4 Å². The number of carbonyl (C=O) groups excluding carboxylic acids is 1. The number of unbranched alkanes of at least 4 members (excludes halogenated alkanes) is 2. The number of amides is 2. The average Bonchev–Trinajstić information content (AvgIpc) is 2.82. The van der Waals surface area contributed by atoms with E-state index in [9.17, 15) is 9.18 Å². The van der Waals surface area contributed by atoms with Gasteiger partial charge >= 0.3 is 6.03 Å². The molecular weight excluding hydrogens is 441 g/mol. The maximum atomic E-state index is 13.1. The lowest BCUT2D eigenvalue weighted by molar-refractivity contribution is 0.208. The minimum atomic E-state index is -0.327. The molecule has 4 rings (SSSR count). The van der Waals surface area contributed by atoms with Crippen molar-refractivity contribution in [2.24, 2.45) is 0 Å². The number of nitrogens with one attached hydrogen (secondary N) is 2. The van der Waals surface area contributed by atoms with Crippen LogP contribution in [0.2, 0.25) is 5.02 Å². The Hall–Kier alpha value is -3.06. The summed E-state index contributed by atoms with van der Waals surface area (Å²) in [6.07, 6.45) is 3.46. The van der Waals surface area contributed by atoms with Crippen LogP contribution in [-0.4, -0.2) is 48.6 Å². The Kier molecular flexibility index (Phi) is 7.50. The van der Waals surface area contributed by atoms with E-state index in [1.807, 2.05) is 18.2 Å². The van der Waals surface area contributed by atoms with Gasteiger partial charge < -0.3 is 20.4 Å². The van der Waals surface area contributed by atoms with Gasteiger partial charge in [0.1, 0.15) is 11.6 Å². The van der Waals surface area contributed by atoms with Crippen molar-refractivity contribution in [3.63, 3.8) is 0 Å². The number of carbonyl (C=O) groups is 1. The third-order valence-electron chi connectivity index (χ3n) is 5.84. The lowest BCUT2D eigenvalue weighted by Crippen LogP contribution is -2.50. The van der Waals surface area contributed by atoms with Gasteiger partial charge in [0.05, 0.1) is 5.52 Å². The van der Waals surface area contributed by atoms with E-state index in [1.165, 1.54) is 25.0 Å². The molecule has 174 valence electrons. The second kappa shape index (κ2) is 10.7. The molecule has 0 aliphatic carbocycles. The number of nitrogens with zero attached hydrogens (tertiary/aromatic N) is 3. The van der Waals surface area contributed by atoms with E-state index in [0.29, 0.717) is 36.9 Å². The number of pyridine rings is 1. The topological polar surface area (TPSA) is 60.5 Å². The van der Waals surface area contributed by atoms with Crippen molar-refractivity contribution < 1.29 is 9.18 Å². The third-order valence-corrected chi connectivity index (χ3v) is 6.07. The molecule has 1 aliphatic heterocycles. The van der Waals surface area contributed by atoms with Crippen LogP contribution in [0.1, 0.15) is 26.2 Å². The van der Waals surface area contributed by atoms with Crippen LogP contribution in [0.5, 0.6) is 0 Å². The van der Waals surface area contributed by atoms with Gasteiger partial charge in [0.25, 0.3) is 0 Å². The number of hydrogen-bond donors (Lipinski definition) is 2. The number of urea groups is 1. The average molecular weight is 470 g/mol. The van der Waals surface area contributed by atoms with Gasteiger partial charge in [0, 0.05) is 60.6 Å². The Balaban J connectivity index is 1.46. The van der Waals surface area contributed by atoms with Crippen molar-refractivity contribution in [1.29, 1.82) is 0 Å². The summed E-state index contributed by atoms with van der Waals surface area (Å²) < 4.78 is 13.1. The monoisotopic (exact) mass is 469 g/mol. The van der Waals surface area contributed by atoms with Crippen molar-refractivity contribution in [3.8, 4) is 0 Å². The van der Waals surface area contributed by atoms with Crippen LogP contribution < -0.4 is 15.5 Å². The number of piperazine rings is 1. The van der Waals surface area contributed by atoms with Crippen molar-refractivity contribution >= 4 is 45.7 Å². The van der Waals surface area contributed by atoms with Gasteiger partial charge in [-0.2, -0.15) is 0 Å². The molecule has 1 saturated heterocycles. The summed E-state index contributed by atoms with van der Waals surface area (Å²) in [4.78, 5) is 21.5. The molecule has 33 heavy (non-hydrogen) atoms. The quantitative estimate of drug-likeness (QED) is 0.417. The molecule has 8 heteroatoms. The van der Waals surface area contributed by atoms with E-state index in [2.05, 4.69) is 28.5 Å². The largest absolute Gasteiger partial charge is 0.370 e.